The van der Waals surface area contributed by atoms with Gasteiger partial charge in [-0.25, -0.2) is 0 Å². The lowest BCUT2D eigenvalue weighted by atomic mass is 9.81. The average molecular weight is 447 g/mol. The Hall–Kier alpha value is -3.15. The molecule has 5 rings (SSSR count). The first-order valence-corrected chi connectivity index (χ1v) is 12.0. The summed E-state index contributed by atoms with van der Waals surface area (Å²) in [6.45, 7) is 0. The van der Waals surface area contributed by atoms with Crippen molar-refractivity contribution in [2.45, 2.75) is 69.5 Å². The molecule has 2 amide bonds. The summed E-state index contributed by atoms with van der Waals surface area (Å²) >= 11 is 0. The maximum atomic E-state index is 13.6. The van der Waals surface area contributed by atoms with Gasteiger partial charge in [0.05, 0.1) is 18.9 Å². The van der Waals surface area contributed by atoms with Crippen LogP contribution in [0.15, 0.2) is 54.6 Å². The lowest BCUT2D eigenvalue weighted by molar-refractivity contribution is -0.142. The zero-order valence-electron chi connectivity index (χ0n) is 18.7. The molecule has 6 heteroatoms. The lowest BCUT2D eigenvalue weighted by Crippen LogP contribution is -2.53. The van der Waals surface area contributed by atoms with Crippen molar-refractivity contribution in [3.8, 4) is 0 Å². The van der Waals surface area contributed by atoms with Gasteiger partial charge < -0.3 is 14.9 Å². The molecule has 6 nitrogen and oxygen atoms in total. The fraction of sp³-hybridized carbons (Fsp3) is 0.444. The van der Waals surface area contributed by atoms with E-state index in [9.17, 15) is 14.4 Å². The molecule has 0 radical (unpaired) electrons. The highest BCUT2D eigenvalue weighted by atomic mass is 16.4. The van der Waals surface area contributed by atoms with Gasteiger partial charge in [0.1, 0.15) is 0 Å². The largest absolute Gasteiger partial charge is 0.481 e. The Morgan fingerprint density at radius 1 is 0.909 bits per heavy atom. The van der Waals surface area contributed by atoms with Crippen molar-refractivity contribution < 1.29 is 19.5 Å². The van der Waals surface area contributed by atoms with E-state index in [2.05, 4.69) is 6.07 Å². The van der Waals surface area contributed by atoms with Crippen LogP contribution in [-0.4, -0.2) is 39.9 Å². The van der Waals surface area contributed by atoms with Crippen LogP contribution in [-0.2, 0) is 20.8 Å². The van der Waals surface area contributed by atoms with Crippen LogP contribution in [0.3, 0.4) is 0 Å². The van der Waals surface area contributed by atoms with E-state index >= 15 is 0 Å². The molecule has 2 aromatic rings. The molecule has 2 aromatic carbocycles. The summed E-state index contributed by atoms with van der Waals surface area (Å²) in [5.41, 5.74) is 2.93. The van der Waals surface area contributed by atoms with Crippen LogP contribution in [0.1, 0.15) is 62.1 Å². The predicted molar refractivity (Wildman–Crippen MR) is 125 cm³/mol. The Labute approximate surface area is 194 Å². The van der Waals surface area contributed by atoms with E-state index in [1.165, 1.54) is 0 Å². The van der Waals surface area contributed by atoms with Crippen LogP contribution in [0.2, 0.25) is 0 Å². The first-order valence-electron chi connectivity index (χ1n) is 12.0. The van der Waals surface area contributed by atoms with Crippen LogP contribution >= 0.6 is 0 Å². The number of carbonyl (C=O) groups is 3. The number of amides is 2. The third-order valence-corrected chi connectivity index (χ3v) is 7.33. The van der Waals surface area contributed by atoms with Gasteiger partial charge in [-0.15, -0.1) is 0 Å². The second-order valence-electron chi connectivity index (χ2n) is 9.52. The van der Waals surface area contributed by atoms with Gasteiger partial charge in [-0.2, -0.15) is 0 Å². The van der Waals surface area contributed by atoms with Crippen LogP contribution in [0, 0.1) is 5.92 Å². The minimum Gasteiger partial charge on any atom is -0.481 e. The normalized spacial score (nSPS) is 23.5. The summed E-state index contributed by atoms with van der Waals surface area (Å²) in [5, 5.41) is 9.12. The molecule has 1 N–H and O–H groups in total. The highest BCUT2D eigenvalue weighted by molar-refractivity contribution is 5.97. The van der Waals surface area contributed by atoms with Gasteiger partial charge in [0, 0.05) is 30.1 Å². The van der Waals surface area contributed by atoms with Crippen LogP contribution in [0.25, 0.3) is 0 Å². The Bertz CT molecular complexity index is 1050. The molecular formula is C27H30N2O4. The molecule has 172 valence electrons. The van der Waals surface area contributed by atoms with Crippen molar-refractivity contribution in [1.82, 2.24) is 4.90 Å². The van der Waals surface area contributed by atoms with E-state index in [0.29, 0.717) is 6.42 Å². The van der Waals surface area contributed by atoms with E-state index in [0.717, 1.165) is 48.9 Å². The number of carboxylic acid groups (broad SMARTS) is 1. The van der Waals surface area contributed by atoms with Gasteiger partial charge in [0.2, 0.25) is 11.8 Å². The zero-order valence-corrected chi connectivity index (χ0v) is 18.7. The quantitative estimate of drug-likeness (QED) is 0.686. The number of para-hydroxylation sites is 1. The van der Waals surface area contributed by atoms with E-state index in [4.69, 9.17) is 5.11 Å². The Morgan fingerprint density at radius 3 is 2.36 bits per heavy atom. The number of carbonyl (C=O) groups excluding carboxylic acids is 2. The third-order valence-electron chi connectivity index (χ3n) is 7.33. The first-order chi connectivity index (χ1) is 16.0. The Morgan fingerprint density at radius 2 is 1.64 bits per heavy atom. The summed E-state index contributed by atoms with van der Waals surface area (Å²) in [7, 11) is 0. The monoisotopic (exact) mass is 446 g/mol. The van der Waals surface area contributed by atoms with Crippen molar-refractivity contribution in [2.24, 2.45) is 5.92 Å². The maximum Gasteiger partial charge on any atom is 0.303 e. The summed E-state index contributed by atoms with van der Waals surface area (Å²) < 4.78 is 0. The molecule has 1 heterocycles. The molecule has 0 aromatic heterocycles. The van der Waals surface area contributed by atoms with E-state index in [1.54, 1.807) is 0 Å². The van der Waals surface area contributed by atoms with E-state index in [1.807, 2.05) is 58.3 Å². The standard InChI is InChI=1S/C27H30N2O4/c30-24(15-16-26(32)33)28(19-13-14-19)27-20-9-4-5-11-22(20)29(23-12-6-10-21(23)27)25(31)17-18-7-2-1-3-8-18/h1-5,7-9,11,19,21,23,27H,6,10,12-17H2,(H,32,33). The number of hydrogen-bond donors (Lipinski definition) is 1. The molecule has 0 spiro atoms. The van der Waals surface area contributed by atoms with Gasteiger partial charge in [0.15, 0.2) is 0 Å². The summed E-state index contributed by atoms with van der Waals surface area (Å²) in [4.78, 5) is 42.0. The topological polar surface area (TPSA) is 77.9 Å². The number of anilines is 1. The molecule has 2 fully saturated rings. The smallest absolute Gasteiger partial charge is 0.303 e. The lowest BCUT2D eigenvalue weighted by Gasteiger charge is -2.48. The maximum absolute atomic E-state index is 13.6. The molecule has 3 aliphatic rings. The number of fused-ring (bicyclic) bond motifs is 2. The number of rotatable bonds is 7. The summed E-state index contributed by atoms with van der Waals surface area (Å²) in [5.74, 6) is -0.748. The first kappa shape index (κ1) is 21.7. The van der Waals surface area contributed by atoms with E-state index in [-0.39, 0.29) is 48.7 Å². The number of hydrogen-bond acceptors (Lipinski definition) is 3. The highest BCUT2D eigenvalue weighted by Crippen LogP contribution is 2.52. The second-order valence-corrected chi connectivity index (χ2v) is 9.52. The van der Waals surface area contributed by atoms with Crippen LogP contribution < -0.4 is 4.90 Å². The Kier molecular flexibility index (Phi) is 5.92. The number of benzene rings is 2. The minimum absolute atomic E-state index is 0.0263. The van der Waals surface area contributed by atoms with Crippen molar-refractivity contribution in [3.63, 3.8) is 0 Å². The molecule has 3 unspecified atom stereocenters. The van der Waals surface area contributed by atoms with Crippen molar-refractivity contribution in [2.75, 3.05) is 4.90 Å². The fourth-order valence-corrected chi connectivity index (χ4v) is 5.84. The average Bonchev–Trinajstić information content (AvgIpc) is 3.53. The zero-order chi connectivity index (χ0) is 22.9. The molecule has 0 saturated heterocycles. The van der Waals surface area contributed by atoms with Gasteiger partial charge >= 0.3 is 5.97 Å². The second kappa shape index (κ2) is 9.00. The molecule has 2 saturated carbocycles. The Balaban J connectivity index is 1.51. The molecule has 2 aliphatic carbocycles. The molecule has 3 atom stereocenters. The minimum atomic E-state index is -0.945. The van der Waals surface area contributed by atoms with Crippen LogP contribution in [0.4, 0.5) is 5.69 Å². The number of aliphatic carboxylic acids is 1. The van der Waals surface area contributed by atoms with Gasteiger partial charge in [-0.1, -0.05) is 55.0 Å². The SMILES string of the molecule is O=C(O)CCC(=O)N(C1CC1)C1c2ccccc2N(C(=O)Cc2ccccc2)C2CCCC21. The number of carboxylic acids is 1. The highest BCUT2D eigenvalue weighted by Gasteiger charge is 2.51. The predicted octanol–water partition coefficient (Wildman–Crippen LogP) is 4.34. The third kappa shape index (κ3) is 4.26. The summed E-state index contributed by atoms with van der Waals surface area (Å²) in [6.07, 6.45) is 5.08. The summed E-state index contributed by atoms with van der Waals surface area (Å²) in [6, 6.07) is 18.0. The fourth-order valence-electron chi connectivity index (χ4n) is 5.84. The molecule has 0 bridgehead atoms. The molecular weight excluding hydrogens is 416 g/mol. The van der Waals surface area contributed by atoms with Gasteiger partial charge in [0.25, 0.3) is 0 Å². The van der Waals surface area contributed by atoms with Gasteiger partial charge in [-0.3, -0.25) is 14.4 Å². The van der Waals surface area contributed by atoms with Crippen molar-refractivity contribution in [1.29, 1.82) is 0 Å². The van der Waals surface area contributed by atoms with Crippen molar-refractivity contribution in [3.05, 3.63) is 65.7 Å². The van der Waals surface area contributed by atoms with Gasteiger partial charge in [-0.05, 0) is 42.9 Å². The van der Waals surface area contributed by atoms with Crippen LogP contribution in [0.5, 0.6) is 0 Å². The molecule has 1 aliphatic heterocycles. The molecule has 33 heavy (non-hydrogen) atoms. The van der Waals surface area contributed by atoms with E-state index < -0.39 is 5.97 Å². The van der Waals surface area contributed by atoms with Crippen molar-refractivity contribution >= 4 is 23.5 Å². The number of nitrogens with zero attached hydrogens (tertiary/aromatic N) is 2.